The highest BCUT2D eigenvalue weighted by molar-refractivity contribution is 6.40. The zero-order chi connectivity index (χ0) is 36.3. The number of H-pyrrole nitrogens is 1. The van der Waals surface area contributed by atoms with Gasteiger partial charge in [-0.3, -0.25) is 24.3 Å². The van der Waals surface area contributed by atoms with Crippen molar-refractivity contribution in [2.75, 3.05) is 44.4 Å². The molecule has 18 heteroatoms. The van der Waals surface area contributed by atoms with Crippen molar-refractivity contribution in [1.82, 2.24) is 25.3 Å². The summed E-state index contributed by atoms with van der Waals surface area (Å²) in [6, 6.07) is 11.1. The number of hydrogen-bond acceptors (Lipinski definition) is 7. The molecule has 0 spiro atoms. The number of benzene rings is 2. The molecule has 0 saturated carbocycles. The molecule has 1 aliphatic heterocycles. The number of aromatic nitrogens is 2. The predicted octanol–water partition coefficient (Wildman–Crippen LogP) is 4.69. The van der Waals surface area contributed by atoms with Crippen LogP contribution in [0.5, 0.6) is 0 Å². The lowest BCUT2D eigenvalue weighted by molar-refractivity contribution is -0.192. The number of hydrogen-bond donors (Lipinski definition) is 5. The number of carbonyl (C=O) groups excluding carboxylic acids is 4. The Balaban J connectivity index is 0.000000838. The number of likely N-dealkylation sites (tertiary alicyclic amines) is 1. The van der Waals surface area contributed by atoms with Gasteiger partial charge in [0.1, 0.15) is 5.69 Å². The van der Waals surface area contributed by atoms with Gasteiger partial charge >= 0.3 is 12.1 Å². The third-order valence-electron chi connectivity index (χ3n) is 6.73. The molecule has 49 heavy (non-hydrogen) atoms. The second-order valence-electron chi connectivity index (χ2n) is 10.8. The molecule has 0 aliphatic carbocycles. The van der Waals surface area contributed by atoms with Gasteiger partial charge in [0.2, 0.25) is 5.91 Å². The predicted molar refractivity (Wildman–Crippen MR) is 176 cm³/mol. The van der Waals surface area contributed by atoms with Gasteiger partial charge in [-0.05, 0) is 63.3 Å². The van der Waals surface area contributed by atoms with E-state index in [1.54, 1.807) is 53.4 Å². The molecule has 4 rings (SSSR count). The van der Waals surface area contributed by atoms with Crippen molar-refractivity contribution in [2.24, 2.45) is 0 Å². The summed E-state index contributed by atoms with van der Waals surface area (Å²) < 4.78 is 31.7. The van der Waals surface area contributed by atoms with Crippen LogP contribution in [0.25, 0.3) is 0 Å². The van der Waals surface area contributed by atoms with E-state index in [-0.39, 0.29) is 44.8 Å². The Morgan fingerprint density at radius 2 is 1.67 bits per heavy atom. The van der Waals surface area contributed by atoms with Gasteiger partial charge in [-0.25, -0.2) is 4.79 Å². The van der Waals surface area contributed by atoms with Gasteiger partial charge in [0.25, 0.3) is 17.7 Å². The molecule has 1 saturated heterocycles. The molecule has 1 atom stereocenters. The Labute approximate surface area is 288 Å². The summed E-state index contributed by atoms with van der Waals surface area (Å²) in [6.07, 6.45) is 0.837. The van der Waals surface area contributed by atoms with Crippen molar-refractivity contribution in [3.8, 4) is 0 Å². The monoisotopic (exact) mass is 725 g/mol. The number of aliphatic carboxylic acids is 1. The number of likely N-dealkylation sites (N-methyl/N-ethyl adjacent to an activating group) is 1. The third-order valence-corrected chi connectivity index (χ3v) is 7.36. The largest absolute Gasteiger partial charge is 0.490 e. The third kappa shape index (κ3) is 11.6. The lowest BCUT2D eigenvalue weighted by atomic mass is 10.0. The molecule has 13 nitrogen and oxygen atoms in total. The Morgan fingerprint density at radius 1 is 1.04 bits per heavy atom. The van der Waals surface area contributed by atoms with E-state index < -0.39 is 24.0 Å². The normalized spacial score (nSPS) is 14.5. The Kier molecular flexibility index (Phi) is 13.7. The first kappa shape index (κ1) is 38.5. The molecule has 1 aromatic heterocycles. The van der Waals surface area contributed by atoms with Crippen LogP contribution >= 0.6 is 23.2 Å². The van der Waals surface area contributed by atoms with E-state index >= 15 is 0 Å². The van der Waals surface area contributed by atoms with Crippen LogP contribution in [0.4, 0.5) is 24.5 Å². The van der Waals surface area contributed by atoms with Crippen LogP contribution < -0.4 is 16.0 Å². The number of halogens is 5. The minimum Gasteiger partial charge on any atom is -0.475 e. The van der Waals surface area contributed by atoms with Crippen LogP contribution in [0.2, 0.25) is 10.0 Å². The molecule has 1 aliphatic rings. The van der Waals surface area contributed by atoms with Crippen LogP contribution in [0.1, 0.15) is 44.0 Å². The molecular weight excluding hydrogens is 694 g/mol. The first-order valence-electron chi connectivity index (χ1n) is 14.5. The maximum atomic E-state index is 13.2. The van der Waals surface area contributed by atoms with E-state index in [9.17, 15) is 32.3 Å². The summed E-state index contributed by atoms with van der Waals surface area (Å²) in [6.45, 7) is 1.51. The van der Waals surface area contributed by atoms with Crippen molar-refractivity contribution >= 4 is 64.2 Å². The summed E-state index contributed by atoms with van der Waals surface area (Å²) in [5, 5.41) is 22.3. The number of rotatable bonds is 9. The molecule has 1 fully saturated rings. The number of amides is 4. The fraction of sp³-hybridized carbons (Fsp3) is 0.290. The second kappa shape index (κ2) is 17.5. The summed E-state index contributed by atoms with van der Waals surface area (Å²) in [5.74, 6) is -4.25. The smallest absolute Gasteiger partial charge is 0.475 e. The average molecular weight is 727 g/mol. The molecule has 0 unspecified atom stereocenters. The maximum absolute atomic E-state index is 13.2. The van der Waals surface area contributed by atoms with Gasteiger partial charge in [0, 0.05) is 43.0 Å². The summed E-state index contributed by atoms with van der Waals surface area (Å²) >= 11 is 12.3. The van der Waals surface area contributed by atoms with E-state index in [1.165, 1.54) is 12.3 Å². The van der Waals surface area contributed by atoms with Crippen molar-refractivity contribution in [1.29, 1.82) is 0 Å². The van der Waals surface area contributed by atoms with Crippen LogP contribution in [0.3, 0.4) is 0 Å². The van der Waals surface area contributed by atoms with E-state index in [0.29, 0.717) is 43.7 Å². The van der Waals surface area contributed by atoms with Crippen LogP contribution in [-0.4, -0.2) is 101 Å². The minimum atomic E-state index is -5.08. The zero-order valence-corrected chi connectivity index (χ0v) is 27.6. The van der Waals surface area contributed by atoms with Gasteiger partial charge in [-0.2, -0.15) is 18.3 Å². The molecular formula is C31H32Cl2F3N7O6. The average Bonchev–Trinajstić information content (AvgIpc) is 3.49. The lowest BCUT2D eigenvalue weighted by Gasteiger charge is -2.33. The van der Waals surface area contributed by atoms with Gasteiger partial charge in [-0.1, -0.05) is 35.3 Å². The van der Waals surface area contributed by atoms with Crippen molar-refractivity contribution < 1.29 is 42.3 Å². The number of alkyl halides is 3. The van der Waals surface area contributed by atoms with Crippen LogP contribution in [0, 0.1) is 0 Å². The van der Waals surface area contributed by atoms with Gasteiger partial charge < -0.3 is 30.9 Å². The highest BCUT2D eigenvalue weighted by Gasteiger charge is 2.38. The van der Waals surface area contributed by atoms with E-state index in [4.69, 9.17) is 33.1 Å². The number of nitrogens with one attached hydrogen (secondary N) is 4. The molecule has 0 bridgehead atoms. The summed E-state index contributed by atoms with van der Waals surface area (Å²) in [5.41, 5.74) is 1.36. The first-order chi connectivity index (χ1) is 23.1. The zero-order valence-electron chi connectivity index (χ0n) is 26.1. The second-order valence-corrected chi connectivity index (χ2v) is 11.6. The summed E-state index contributed by atoms with van der Waals surface area (Å²) in [4.78, 5) is 63.7. The molecule has 262 valence electrons. The molecule has 2 heterocycles. The number of piperidine rings is 1. The fourth-order valence-electron chi connectivity index (χ4n) is 4.42. The van der Waals surface area contributed by atoms with Crippen molar-refractivity contribution in [3.63, 3.8) is 0 Å². The van der Waals surface area contributed by atoms with E-state index in [0.717, 1.165) is 0 Å². The quantitative estimate of drug-likeness (QED) is 0.197. The molecule has 4 amide bonds. The van der Waals surface area contributed by atoms with Crippen molar-refractivity contribution in [2.45, 2.75) is 25.1 Å². The number of aromatic amines is 1. The summed E-state index contributed by atoms with van der Waals surface area (Å²) in [7, 11) is 3.82. The Bertz CT molecular complexity index is 1680. The number of carboxylic acid groups (broad SMARTS) is 1. The van der Waals surface area contributed by atoms with Crippen LogP contribution in [-0.2, 0) is 9.59 Å². The van der Waals surface area contributed by atoms with Gasteiger partial charge in [0.15, 0.2) is 0 Å². The number of carboxylic acids is 1. The minimum absolute atomic E-state index is 0.0594. The van der Waals surface area contributed by atoms with Crippen LogP contribution in [0.15, 0.2) is 60.8 Å². The number of anilines is 2. The lowest BCUT2D eigenvalue weighted by Crippen LogP contribution is -2.49. The maximum Gasteiger partial charge on any atom is 0.490 e. The topological polar surface area (TPSA) is 177 Å². The first-order valence-corrected chi connectivity index (χ1v) is 15.2. The standard InChI is InChI=1S/C29H31Cl2N7O4.C2HF3O2/c1-37(2)14-5-9-24(39)33-19-12-10-18(11-13-19)29(42)38-15-4-6-20(17-38)34-28(41)26-23(16-32-36-26)35-27(40)25-21(30)7-3-8-22(25)31;3-2(4,5)1(6)7/h3,5,7-13,16,20H,4,6,14-15,17H2,1-2H3,(H,32,36)(H,33,39)(H,34,41)(H,35,40);(H,6,7)/b9-5+;/t20-;/m1./s1. The Morgan fingerprint density at radius 3 is 2.27 bits per heavy atom. The molecule has 0 radical (unpaired) electrons. The van der Waals surface area contributed by atoms with E-state index in [2.05, 4.69) is 26.1 Å². The van der Waals surface area contributed by atoms with Gasteiger partial charge in [-0.15, -0.1) is 0 Å². The van der Waals surface area contributed by atoms with Crippen molar-refractivity contribution in [3.05, 3.63) is 87.7 Å². The number of carbonyl (C=O) groups is 5. The molecule has 3 aromatic rings. The highest BCUT2D eigenvalue weighted by Crippen LogP contribution is 2.26. The number of nitrogens with zero attached hydrogens (tertiary/aromatic N) is 3. The Hall–Kier alpha value is -4.93. The van der Waals surface area contributed by atoms with Gasteiger partial charge in [0.05, 0.1) is 27.5 Å². The molecule has 5 N–H and O–H groups in total. The highest BCUT2D eigenvalue weighted by atomic mass is 35.5. The fourth-order valence-corrected chi connectivity index (χ4v) is 4.99. The SMILES string of the molecule is CN(C)C/C=C/C(=O)Nc1ccc(C(=O)N2CCC[C@@H](NC(=O)c3[nH]ncc3NC(=O)c3c(Cl)cccc3Cl)C2)cc1.O=C(O)C(F)(F)F. The van der Waals surface area contributed by atoms with E-state index in [1.807, 2.05) is 19.0 Å². The molecule has 2 aromatic carbocycles.